The highest BCUT2D eigenvalue weighted by Gasteiger charge is 2.29. The zero-order chi connectivity index (χ0) is 13.1. The fourth-order valence-corrected chi connectivity index (χ4v) is 1.68. The van der Waals surface area contributed by atoms with Gasteiger partial charge in [-0.3, -0.25) is 0 Å². The lowest BCUT2D eigenvalue weighted by molar-refractivity contribution is -0.126. The van der Waals surface area contributed by atoms with Crippen LogP contribution in [0.2, 0.25) is 5.02 Å². The second-order valence-electron chi connectivity index (χ2n) is 3.42. The molecule has 1 unspecified atom stereocenters. The van der Waals surface area contributed by atoms with E-state index in [0.717, 1.165) is 6.07 Å². The molecule has 0 aromatic heterocycles. The van der Waals surface area contributed by atoms with Crippen LogP contribution in [0.25, 0.3) is 0 Å². The van der Waals surface area contributed by atoms with Gasteiger partial charge < -0.3 is 11.1 Å². The summed E-state index contributed by atoms with van der Waals surface area (Å²) in [6.45, 7) is -1.43. The van der Waals surface area contributed by atoms with Crippen LogP contribution in [0.3, 0.4) is 0 Å². The normalized spacial score (nSPS) is 13.8. The Morgan fingerprint density at radius 1 is 1.35 bits per heavy atom. The molecule has 1 aromatic rings. The Labute approximate surface area is 101 Å². The molecule has 0 aliphatic rings. The first kappa shape index (κ1) is 14.2. The molecule has 0 saturated carbocycles. The van der Waals surface area contributed by atoms with Crippen LogP contribution in [0.4, 0.5) is 17.6 Å². The number of rotatable bonds is 4. The molecule has 1 atom stereocenters. The minimum Gasteiger partial charge on any atom is -0.329 e. The van der Waals surface area contributed by atoms with E-state index in [4.69, 9.17) is 17.3 Å². The second-order valence-corrected chi connectivity index (χ2v) is 3.83. The van der Waals surface area contributed by atoms with E-state index in [9.17, 15) is 17.6 Å². The number of alkyl halides is 3. The number of nitrogens with two attached hydrogens (primary N) is 1. The largest absolute Gasteiger partial charge is 0.401 e. The summed E-state index contributed by atoms with van der Waals surface area (Å²) in [7, 11) is 0. The summed E-state index contributed by atoms with van der Waals surface area (Å²) in [5.41, 5.74) is 5.28. The maximum atomic E-state index is 13.4. The van der Waals surface area contributed by atoms with Gasteiger partial charge in [0.15, 0.2) is 0 Å². The molecule has 0 bridgehead atoms. The van der Waals surface area contributed by atoms with Gasteiger partial charge in [-0.25, -0.2) is 4.39 Å². The Morgan fingerprint density at radius 3 is 2.47 bits per heavy atom. The Balaban J connectivity index is 2.87. The zero-order valence-electron chi connectivity index (χ0n) is 8.69. The number of benzene rings is 1. The quantitative estimate of drug-likeness (QED) is 0.826. The molecule has 0 spiro atoms. The smallest absolute Gasteiger partial charge is 0.329 e. The molecule has 1 rings (SSSR count). The third-order valence-electron chi connectivity index (χ3n) is 2.13. The molecule has 2 nitrogen and oxygen atoms in total. The van der Waals surface area contributed by atoms with E-state index in [-0.39, 0.29) is 17.1 Å². The molecule has 0 saturated heterocycles. The van der Waals surface area contributed by atoms with Crippen LogP contribution in [-0.4, -0.2) is 19.3 Å². The predicted molar refractivity (Wildman–Crippen MR) is 57.3 cm³/mol. The third-order valence-corrected chi connectivity index (χ3v) is 2.46. The number of hydrogen-bond acceptors (Lipinski definition) is 2. The molecule has 3 N–H and O–H groups in total. The highest BCUT2D eigenvalue weighted by Crippen LogP contribution is 2.26. The van der Waals surface area contributed by atoms with E-state index in [1.165, 1.54) is 12.1 Å². The van der Waals surface area contributed by atoms with Crippen molar-refractivity contribution in [3.05, 3.63) is 34.6 Å². The van der Waals surface area contributed by atoms with Crippen molar-refractivity contribution in [1.29, 1.82) is 0 Å². The Hall–Kier alpha value is -0.850. The van der Waals surface area contributed by atoms with Crippen molar-refractivity contribution in [2.24, 2.45) is 5.73 Å². The van der Waals surface area contributed by atoms with Gasteiger partial charge in [0, 0.05) is 23.2 Å². The van der Waals surface area contributed by atoms with Crippen molar-refractivity contribution >= 4 is 11.6 Å². The maximum Gasteiger partial charge on any atom is 0.401 e. The fraction of sp³-hybridized carbons (Fsp3) is 0.400. The molecule has 96 valence electrons. The second kappa shape index (κ2) is 5.66. The first-order chi connectivity index (χ1) is 7.85. The number of hydrogen-bond donors (Lipinski definition) is 2. The van der Waals surface area contributed by atoms with Gasteiger partial charge in [-0.1, -0.05) is 17.7 Å². The number of nitrogens with one attached hydrogen (secondary N) is 1. The van der Waals surface area contributed by atoms with E-state index in [0.29, 0.717) is 0 Å². The van der Waals surface area contributed by atoms with Gasteiger partial charge >= 0.3 is 6.18 Å². The maximum absolute atomic E-state index is 13.4. The Morgan fingerprint density at radius 2 is 2.00 bits per heavy atom. The van der Waals surface area contributed by atoms with E-state index in [1.54, 1.807) is 0 Å². The van der Waals surface area contributed by atoms with Crippen molar-refractivity contribution < 1.29 is 17.6 Å². The fourth-order valence-electron chi connectivity index (χ4n) is 1.39. The van der Waals surface area contributed by atoms with Gasteiger partial charge in [0.1, 0.15) is 5.82 Å². The van der Waals surface area contributed by atoms with Crippen LogP contribution in [0.1, 0.15) is 11.6 Å². The topological polar surface area (TPSA) is 38.0 Å². The van der Waals surface area contributed by atoms with Gasteiger partial charge in [0.2, 0.25) is 0 Å². The summed E-state index contributed by atoms with van der Waals surface area (Å²) in [6, 6.07) is 2.93. The van der Waals surface area contributed by atoms with Crippen molar-refractivity contribution in [2.45, 2.75) is 12.2 Å². The summed E-state index contributed by atoms with van der Waals surface area (Å²) in [5, 5.41) is 2.18. The number of halogens is 5. The molecule has 1 aromatic carbocycles. The summed E-state index contributed by atoms with van der Waals surface area (Å²) >= 11 is 5.74. The summed E-state index contributed by atoms with van der Waals surface area (Å²) < 4.78 is 49.6. The lowest BCUT2D eigenvalue weighted by Gasteiger charge is -2.20. The molecule has 0 heterocycles. The highest BCUT2D eigenvalue weighted by molar-refractivity contribution is 6.31. The Bertz CT molecular complexity index is 361. The van der Waals surface area contributed by atoms with Crippen LogP contribution in [-0.2, 0) is 0 Å². The van der Waals surface area contributed by atoms with Crippen LogP contribution in [0.15, 0.2) is 18.2 Å². The minimum atomic E-state index is -4.38. The highest BCUT2D eigenvalue weighted by atomic mass is 35.5. The molecule has 17 heavy (non-hydrogen) atoms. The van der Waals surface area contributed by atoms with Gasteiger partial charge in [-0.15, -0.1) is 0 Å². The lowest BCUT2D eigenvalue weighted by atomic mass is 10.1. The molecule has 0 aliphatic heterocycles. The zero-order valence-corrected chi connectivity index (χ0v) is 9.45. The van der Waals surface area contributed by atoms with Gasteiger partial charge in [-0.05, 0) is 12.1 Å². The predicted octanol–water partition coefficient (Wildman–Crippen LogP) is 2.63. The molecule has 0 fully saturated rings. The van der Waals surface area contributed by atoms with E-state index in [1.807, 2.05) is 0 Å². The van der Waals surface area contributed by atoms with E-state index >= 15 is 0 Å². The van der Waals surface area contributed by atoms with Crippen molar-refractivity contribution in [3.8, 4) is 0 Å². The Kier molecular flexibility index (Phi) is 4.73. The van der Waals surface area contributed by atoms with Crippen LogP contribution in [0, 0.1) is 5.82 Å². The van der Waals surface area contributed by atoms with Crippen molar-refractivity contribution in [3.63, 3.8) is 0 Å². The summed E-state index contributed by atoms with van der Waals surface area (Å²) in [4.78, 5) is 0. The van der Waals surface area contributed by atoms with E-state index < -0.39 is 24.6 Å². The first-order valence-corrected chi connectivity index (χ1v) is 5.17. The average molecular weight is 271 g/mol. The molecular weight excluding hydrogens is 260 g/mol. The monoisotopic (exact) mass is 270 g/mol. The van der Waals surface area contributed by atoms with Gasteiger partial charge in [0.25, 0.3) is 0 Å². The van der Waals surface area contributed by atoms with Crippen LogP contribution >= 0.6 is 11.6 Å². The van der Waals surface area contributed by atoms with Crippen molar-refractivity contribution in [1.82, 2.24) is 5.32 Å². The van der Waals surface area contributed by atoms with E-state index in [2.05, 4.69) is 5.32 Å². The summed E-state index contributed by atoms with van der Waals surface area (Å²) in [5.74, 6) is -0.678. The van der Waals surface area contributed by atoms with Crippen LogP contribution in [0.5, 0.6) is 0 Å². The molecule has 7 heteroatoms. The van der Waals surface area contributed by atoms with Gasteiger partial charge in [0.05, 0.1) is 6.54 Å². The SMILES string of the molecule is NCC(NCC(F)(F)F)c1c(F)cccc1Cl. The minimum absolute atomic E-state index is 0.0408. The molecule has 0 aliphatic carbocycles. The first-order valence-electron chi connectivity index (χ1n) is 4.79. The molecular formula is C10H11ClF4N2. The summed E-state index contributed by atoms with van der Waals surface area (Å²) in [6.07, 6.45) is -4.38. The average Bonchev–Trinajstić information content (AvgIpc) is 2.21. The molecule has 0 amide bonds. The third kappa shape index (κ3) is 4.14. The van der Waals surface area contributed by atoms with Gasteiger partial charge in [-0.2, -0.15) is 13.2 Å². The standard InChI is InChI=1S/C10H11ClF4N2/c11-6-2-1-3-7(12)9(6)8(4-16)17-5-10(13,14)15/h1-3,8,17H,4-5,16H2. The molecule has 0 radical (unpaired) electrons. The van der Waals surface area contributed by atoms with Crippen LogP contribution < -0.4 is 11.1 Å². The lowest BCUT2D eigenvalue weighted by Crippen LogP contribution is -2.36. The van der Waals surface area contributed by atoms with Crippen molar-refractivity contribution in [2.75, 3.05) is 13.1 Å².